The molecule has 0 amide bonds. The Hall–Kier alpha value is -2.53. The fraction of sp³-hybridized carbons (Fsp3) is 0.350. The average Bonchev–Trinajstić information content (AvgIpc) is 3.20. The van der Waals surface area contributed by atoms with E-state index in [1.54, 1.807) is 24.3 Å². The van der Waals surface area contributed by atoms with Crippen LogP contribution in [0.15, 0.2) is 40.7 Å². The van der Waals surface area contributed by atoms with E-state index in [4.69, 9.17) is 9.15 Å². The lowest BCUT2D eigenvalue weighted by atomic mass is 10.0. The first kappa shape index (κ1) is 17.3. The summed E-state index contributed by atoms with van der Waals surface area (Å²) in [6, 6.07) is 6.53. The van der Waals surface area contributed by atoms with Crippen molar-refractivity contribution in [3.63, 3.8) is 0 Å². The van der Waals surface area contributed by atoms with Crippen LogP contribution in [-0.2, 0) is 6.54 Å². The highest BCUT2D eigenvalue weighted by molar-refractivity contribution is 6.14. The van der Waals surface area contributed by atoms with Crippen LogP contribution in [0.25, 0.3) is 6.08 Å². The number of Topliss-reactive ketones (excluding diaryl/α,β-unsaturated/α-hetero) is 1. The predicted molar refractivity (Wildman–Crippen MR) is 92.5 cm³/mol. The molecule has 0 bridgehead atoms. The summed E-state index contributed by atoms with van der Waals surface area (Å²) in [5.41, 5.74) is 1.05. The second-order valence-corrected chi connectivity index (χ2v) is 6.30. The third-order valence-electron chi connectivity index (χ3n) is 4.35. The van der Waals surface area contributed by atoms with Crippen LogP contribution in [0.1, 0.15) is 48.4 Å². The third-order valence-corrected chi connectivity index (χ3v) is 4.35. The van der Waals surface area contributed by atoms with Crippen LogP contribution in [0, 0.1) is 0 Å². The van der Waals surface area contributed by atoms with Gasteiger partial charge < -0.3 is 19.2 Å². The Morgan fingerprint density at radius 1 is 1.16 bits per heavy atom. The molecular formula is C20H23NO4. The first-order chi connectivity index (χ1) is 12.1. The molecule has 1 N–H and O–H groups in total. The summed E-state index contributed by atoms with van der Waals surface area (Å²) in [6.45, 7) is 6.81. The van der Waals surface area contributed by atoms with Gasteiger partial charge in [-0.3, -0.25) is 4.79 Å². The number of hydrogen-bond acceptors (Lipinski definition) is 4. The van der Waals surface area contributed by atoms with Crippen LogP contribution < -0.4 is 14.7 Å². The van der Waals surface area contributed by atoms with Crippen molar-refractivity contribution in [3.8, 4) is 11.5 Å². The molecule has 0 saturated carbocycles. The van der Waals surface area contributed by atoms with Gasteiger partial charge in [0.1, 0.15) is 18.1 Å². The van der Waals surface area contributed by atoms with E-state index in [2.05, 4.69) is 13.8 Å². The SMILES string of the molecule is CCC[NH+](CCC)Cc1c([O-])ccc2c1OC(=Cc1ccco1)C2=O. The number of hydrogen-bond donors (Lipinski definition) is 1. The minimum absolute atomic E-state index is 0.0736. The van der Waals surface area contributed by atoms with Crippen molar-refractivity contribution in [2.75, 3.05) is 13.1 Å². The summed E-state index contributed by atoms with van der Waals surface area (Å²) in [5, 5.41) is 12.4. The van der Waals surface area contributed by atoms with Gasteiger partial charge in [-0.05, 0) is 31.0 Å². The Kier molecular flexibility index (Phi) is 5.24. The molecule has 2 aromatic rings. The summed E-state index contributed by atoms with van der Waals surface area (Å²) in [6.07, 6.45) is 5.19. The fourth-order valence-electron chi connectivity index (χ4n) is 3.22. The molecule has 1 aromatic heterocycles. The van der Waals surface area contributed by atoms with Gasteiger partial charge in [0.05, 0.1) is 24.9 Å². The maximum absolute atomic E-state index is 12.6. The van der Waals surface area contributed by atoms with E-state index in [-0.39, 0.29) is 17.3 Å². The van der Waals surface area contributed by atoms with Crippen LogP contribution in [0.2, 0.25) is 0 Å². The minimum Gasteiger partial charge on any atom is -0.872 e. The lowest BCUT2D eigenvalue weighted by Crippen LogP contribution is -3.10. The van der Waals surface area contributed by atoms with Gasteiger partial charge in [0.25, 0.3) is 0 Å². The molecule has 0 unspecified atom stereocenters. The number of nitrogens with one attached hydrogen (secondary N) is 1. The number of carbonyl (C=O) groups is 1. The van der Waals surface area contributed by atoms with Crippen molar-refractivity contribution in [3.05, 3.63) is 53.2 Å². The van der Waals surface area contributed by atoms with Crippen LogP contribution in [0.3, 0.4) is 0 Å². The van der Waals surface area contributed by atoms with Crippen molar-refractivity contribution < 1.29 is 24.0 Å². The molecule has 0 atom stereocenters. The first-order valence-corrected chi connectivity index (χ1v) is 8.78. The normalized spacial score (nSPS) is 15.0. The molecule has 0 fully saturated rings. The highest BCUT2D eigenvalue weighted by Crippen LogP contribution is 2.38. The number of rotatable bonds is 7. The van der Waals surface area contributed by atoms with E-state index in [1.165, 1.54) is 17.2 Å². The third kappa shape index (κ3) is 3.61. The van der Waals surface area contributed by atoms with E-state index in [0.717, 1.165) is 25.9 Å². The average molecular weight is 341 g/mol. The summed E-state index contributed by atoms with van der Waals surface area (Å²) in [4.78, 5) is 13.9. The fourth-order valence-corrected chi connectivity index (χ4v) is 3.22. The molecule has 1 aliphatic heterocycles. The maximum atomic E-state index is 12.6. The lowest BCUT2D eigenvalue weighted by molar-refractivity contribution is -0.914. The van der Waals surface area contributed by atoms with E-state index < -0.39 is 0 Å². The Balaban J connectivity index is 1.92. The molecule has 132 valence electrons. The number of allylic oxidation sites excluding steroid dienone is 1. The molecule has 1 aliphatic rings. The summed E-state index contributed by atoms with van der Waals surface area (Å²) >= 11 is 0. The number of fused-ring (bicyclic) bond motifs is 1. The second-order valence-electron chi connectivity index (χ2n) is 6.30. The van der Waals surface area contributed by atoms with Gasteiger partial charge in [-0.1, -0.05) is 25.7 Å². The van der Waals surface area contributed by atoms with Gasteiger partial charge in [-0.2, -0.15) is 0 Å². The Labute approximate surface area is 147 Å². The zero-order valence-electron chi connectivity index (χ0n) is 14.6. The second kappa shape index (κ2) is 7.57. The molecule has 0 spiro atoms. The van der Waals surface area contributed by atoms with Gasteiger partial charge >= 0.3 is 0 Å². The number of carbonyl (C=O) groups excluding carboxylic acids is 1. The predicted octanol–water partition coefficient (Wildman–Crippen LogP) is 2.17. The smallest absolute Gasteiger partial charge is 0.232 e. The molecule has 5 heteroatoms. The van der Waals surface area contributed by atoms with Crippen LogP contribution in [0.4, 0.5) is 0 Å². The van der Waals surface area contributed by atoms with Gasteiger partial charge in [0.2, 0.25) is 5.78 Å². The van der Waals surface area contributed by atoms with Crippen LogP contribution >= 0.6 is 0 Å². The number of quaternary nitrogens is 1. The lowest BCUT2D eigenvalue weighted by Gasteiger charge is -2.23. The van der Waals surface area contributed by atoms with E-state index in [0.29, 0.717) is 29.2 Å². The van der Waals surface area contributed by atoms with Gasteiger partial charge in [-0.15, -0.1) is 0 Å². The highest BCUT2D eigenvalue weighted by atomic mass is 16.5. The molecule has 0 aliphatic carbocycles. The van der Waals surface area contributed by atoms with Crippen LogP contribution in [-0.4, -0.2) is 18.9 Å². The monoisotopic (exact) mass is 341 g/mol. The van der Waals surface area contributed by atoms with Gasteiger partial charge in [0.15, 0.2) is 5.76 Å². The van der Waals surface area contributed by atoms with Crippen molar-refractivity contribution in [1.29, 1.82) is 0 Å². The number of ether oxygens (including phenoxy) is 1. The molecule has 0 radical (unpaired) electrons. The molecule has 3 rings (SSSR count). The van der Waals surface area contributed by atoms with E-state index >= 15 is 0 Å². The summed E-state index contributed by atoms with van der Waals surface area (Å²) in [5.74, 6) is 0.879. The largest absolute Gasteiger partial charge is 0.872 e. The van der Waals surface area contributed by atoms with E-state index in [1.807, 2.05) is 0 Å². The highest BCUT2D eigenvalue weighted by Gasteiger charge is 2.31. The zero-order valence-corrected chi connectivity index (χ0v) is 14.6. The quantitative estimate of drug-likeness (QED) is 0.784. The molecule has 25 heavy (non-hydrogen) atoms. The number of benzene rings is 1. The minimum atomic E-state index is -0.208. The molecule has 0 saturated heterocycles. The first-order valence-electron chi connectivity index (χ1n) is 8.78. The summed E-state index contributed by atoms with van der Waals surface area (Å²) < 4.78 is 11.1. The zero-order chi connectivity index (χ0) is 17.8. The number of furan rings is 1. The Morgan fingerprint density at radius 3 is 2.56 bits per heavy atom. The van der Waals surface area contributed by atoms with Crippen molar-refractivity contribution in [1.82, 2.24) is 0 Å². The van der Waals surface area contributed by atoms with Gasteiger partial charge in [0, 0.05) is 11.6 Å². The Bertz CT molecular complexity index is 771. The van der Waals surface area contributed by atoms with Crippen molar-refractivity contribution in [2.24, 2.45) is 0 Å². The maximum Gasteiger partial charge on any atom is 0.232 e. The molecular weight excluding hydrogens is 318 g/mol. The molecule has 1 aromatic carbocycles. The van der Waals surface area contributed by atoms with Gasteiger partial charge in [-0.25, -0.2) is 0 Å². The van der Waals surface area contributed by atoms with Crippen molar-refractivity contribution in [2.45, 2.75) is 33.2 Å². The van der Waals surface area contributed by atoms with E-state index in [9.17, 15) is 9.90 Å². The summed E-state index contributed by atoms with van der Waals surface area (Å²) in [7, 11) is 0. The van der Waals surface area contributed by atoms with Crippen molar-refractivity contribution >= 4 is 11.9 Å². The molecule has 2 heterocycles. The Morgan fingerprint density at radius 2 is 1.92 bits per heavy atom. The van der Waals surface area contributed by atoms with Crippen LogP contribution in [0.5, 0.6) is 11.5 Å². The number of ketones is 1. The topological polar surface area (TPSA) is 66.9 Å². The standard InChI is InChI=1S/C20H23NO4/c1-3-9-21(10-4-2)13-16-17(22)8-7-15-19(23)18(25-20(15)16)12-14-6-5-11-24-14/h5-8,11-12,22H,3-4,9-10,13H2,1-2H3. The molecule has 5 nitrogen and oxygen atoms in total.